The smallest absolute Gasteiger partial charge is 0.128 e. The third-order valence-electron chi connectivity index (χ3n) is 2.98. The fourth-order valence-electron chi connectivity index (χ4n) is 2.25. The summed E-state index contributed by atoms with van der Waals surface area (Å²) < 4.78 is 20.2. The molecule has 1 aromatic rings. The molecule has 1 aromatic carbocycles. The molecular formula is C13H16BrClFNO. The summed E-state index contributed by atoms with van der Waals surface area (Å²) in [6.07, 6.45) is 0.176. The molecule has 2 unspecified atom stereocenters. The van der Waals surface area contributed by atoms with Gasteiger partial charge >= 0.3 is 0 Å². The van der Waals surface area contributed by atoms with E-state index >= 15 is 0 Å². The number of rotatable bonds is 3. The zero-order valence-corrected chi connectivity index (χ0v) is 12.5. The van der Waals surface area contributed by atoms with Crippen molar-refractivity contribution in [3.05, 3.63) is 34.1 Å². The Morgan fingerprint density at radius 1 is 1.50 bits per heavy atom. The number of hydrogen-bond donors (Lipinski definition) is 0. The minimum absolute atomic E-state index is 0.0360. The predicted octanol–water partition coefficient (Wildman–Crippen LogP) is 3.42. The van der Waals surface area contributed by atoms with E-state index in [1.807, 2.05) is 19.1 Å². The van der Waals surface area contributed by atoms with Gasteiger partial charge in [-0.05, 0) is 19.1 Å². The SMILES string of the molecule is CC1CN(Cc2ccc(Br)cc2F)CC(CCl)O1. The van der Waals surface area contributed by atoms with Gasteiger partial charge in [-0.2, -0.15) is 0 Å². The molecule has 0 saturated carbocycles. The van der Waals surface area contributed by atoms with Crippen molar-refractivity contribution in [1.29, 1.82) is 0 Å². The maximum absolute atomic E-state index is 13.8. The summed E-state index contributed by atoms with van der Waals surface area (Å²) >= 11 is 9.09. The van der Waals surface area contributed by atoms with Crippen molar-refractivity contribution >= 4 is 27.5 Å². The van der Waals surface area contributed by atoms with Crippen molar-refractivity contribution in [2.45, 2.75) is 25.7 Å². The van der Waals surface area contributed by atoms with Crippen molar-refractivity contribution in [2.75, 3.05) is 19.0 Å². The molecule has 0 amide bonds. The molecule has 0 radical (unpaired) electrons. The topological polar surface area (TPSA) is 12.5 Å². The molecule has 2 atom stereocenters. The number of halogens is 3. The summed E-state index contributed by atoms with van der Waals surface area (Å²) in [6.45, 7) is 4.18. The number of ether oxygens (including phenoxy) is 1. The highest BCUT2D eigenvalue weighted by Gasteiger charge is 2.25. The Morgan fingerprint density at radius 3 is 2.94 bits per heavy atom. The Hall–Kier alpha value is -0.160. The Kier molecular flexibility index (Phi) is 5.01. The van der Waals surface area contributed by atoms with Crippen molar-refractivity contribution in [3.63, 3.8) is 0 Å². The highest BCUT2D eigenvalue weighted by Crippen LogP contribution is 2.19. The van der Waals surface area contributed by atoms with Crippen molar-refractivity contribution in [1.82, 2.24) is 4.90 Å². The Bertz CT molecular complexity index is 418. The molecule has 0 bridgehead atoms. The normalized spacial score (nSPS) is 25.3. The van der Waals surface area contributed by atoms with Gasteiger partial charge in [-0.1, -0.05) is 22.0 Å². The highest BCUT2D eigenvalue weighted by molar-refractivity contribution is 9.10. The zero-order chi connectivity index (χ0) is 13.1. The van der Waals surface area contributed by atoms with Crippen molar-refractivity contribution < 1.29 is 9.13 Å². The molecule has 1 aliphatic heterocycles. The molecule has 1 aliphatic rings. The average Bonchev–Trinajstić information content (AvgIpc) is 2.32. The van der Waals surface area contributed by atoms with Gasteiger partial charge in [0.2, 0.25) is 0 Å². The summed E-state index contributed by atoms with van der Waals surface area (Å²) in [5.74, 6) is 0.301. The lowest BCUT2D eigenvalue weighted by Crippen LogP contribution is -2.46. The van der Waals surface area contributed by atoms with Crippen LogP contribution in [0.2, 0.25) is 0 Å². The molecular weight excluding hydrogens is 321 g/mol. The van der Waals surface area contributed by atoms with Gasteiger partial charge in [0.05, 0.1) is 12.2 Å². The Balaban J connectivity index is 2.04. The first-order valence-corrected chi connectivity index (χ1v) is 7.29. The summed E-state index contributed by atoms with van der Waals surface area (Å²) in [7, 11) is 0. The number of alkyl halides is 1. The minimum atomic E-state index is -0.175. The molecule has 0 spiro atoms. The van der Waals surface area contributed by atoms with Gasteiger partial charge in [-0.15, -0.1) is 11.6 Å². The van der Waals surface area contributed by atoms with E-state index in [2.05, 4.69) is 20.8 Å². The monoisotopic (exact) mass is 335 g/mol. The van der Waals surface area contributed by atoms with E-state index in [9.17, 15) is 4.39 Å². The van der Waals surface area contributed by atoms with Crippen molar-refractivity contribution in [3.8, 4) is 0 Å². The van der Waals surface area contributed by atoms with E-state index in [-0.39, 0.29) is 18.0 Å². The van der Waals surface area contributed by atoms with Crippen LogP contribution in [0.4, 0.5) is 4.39 Å². The Labute approximate surface area is 120 Å². The molecule has 0 aliphatic carbocycles. The fraction of sp³-hybridized carbons (Fsp3) is 0.538. The van der Waals surface area contributed by atoms with Gasteiger partial charge in [0.25, 0.3) is 0 Å². The first-order chi connectivity index (χ1) is 8.58. The van der Waals surface area contributed by atoms with Crippen LogP contribution in [-0.4, -0.2) is 36.1 Å². The molecule has 5 heteroatoms. The number of benzene rings is 1. The average molecular weight is 337 g/mol. The number of hydrogen-bond acceptors (Lipinski definition) is 2. The van der Waals surface area contributed by atoms with Crippen LogP contribution >= 0.6 is 27.5 Å². The molecule has 1 fully saturated rings. The lowest BCUT2D eigenvalue weighted by Gasteiger charge is -2.36. The Morgan fingerprint density at radius 2 is 2.28 bits per heavy atom. The zero-order valence-electron chi connectivity index (χ0n) is 10.2. The quantitative estimate of drug-likeness (QED) is 0.784. The number of nitrogens with zero attached hydrogens (tertiary/aromatic N) is 1. The lowest BCUT2D eigenvalue weighted by molar-refractivity contribution is -0.0691. The summed E-state index contributed by atoms with van der Waals surface area (Å²) in [6, 6.07) is 5.18. The standard InChI is InChI=1S/C13H16BrClFNO/c1-9-6-17(8-12(5-15)18-9)7-10-2-3-11(14)4-13(10)16/h2-4,9,12H,5-8H2,1H3. The maximum Gasteiger partial charge on any atom is 0.128 e. The van der Waals surface area contributed by atoms with Crippen LogP contribution in [0, 0.1) is 5.82 Å². The van der Waals surface area contributed by atoms with E-state index in [1.54, 1.807) is 0 Å². The van der Waals surface area contributed by atoms with Gasteiger partial charge < -0.3 is 4.74 Å². The van der Waals surface area contributed by atoms with E-state index in [0.29, 0.717) is 18.0 Å². The third-order valence-corrected chi connectivity index (χ3v) is 3.82. The molecule has 1 saturated heterocycles. The maximum atomic E-state index is 13.8. The fourth-order valence-corrected chi connectivity index (χ4v) is 2.75. The van der Waals surface area contributed by atoms with Crippen molar-refractivity contribution in [2.24, 2.45) is 0 Å². The van der Waals surface area contributed by atoms with Gasteiger partial charge in [-0.3, -0.25) is 4.90 Å². The van der Waals surface area contributed by atoms with Crippen LogP contribution in [0.15, 0.2) is 22.7 Å². The van der Waals surface area contributed by atoms with Gasteiger partial charge in [-0.25, -0.2) is 4.39 Å². The molecule has 2 nitrogen and oxygen atoms in total. The molecule has 0 N–H and O–H groups in total. The van der Waals surface area contributed by atoms with E-state index < -0.39 is 0 Å². The second kappa shape index (κ2) is 6.33. The van der Waals surface area contributed by atoms with E-state index in [0.717, 1.165) is 17.6 Å². The van der Waals surface area contributed by atoms with Gasteiger partial charge in [0, 0.05) is 35.6 Å². The van der Waals surface area contributed by atoms with Crippen LogP contribution in [0.3, 0.4) is 0 Å². The lowest BCUT2D eigenvalue weighted by atomic mass is 10.1. The minimum Gasteiger partial charge on any atom is -0.371 e. The molecule has 1 heterocycles. The summed E-state index contributed by atoms with van der Waals surface area (Å²) in [4.78, 5) is 2.19. The van der Waals surface area contributed by atoms with E-state index in [1.165, 1.54) is 6.07 Å². The van der Waals surface area contributed by atoms with Crippen LogP contribution in [0.1, 0.15) is 12.5 Å². The first kappa shape index (κ1) is 14.3. The molecule has 100 valence electrons. The summed E-state index contributed by atoms with van der Waals surface area (Å²) in [5.41, 5.74) is 0.709. The van der Waals surface area contributed by atoms with Crippen LogP contribution in [0.5, 0.6) is 0 Å². The van der Waals surface area contributed by atoms with E-state index in [4.69, 9.17) is 16.3 Å². The molecule has 0 aromatic heterocycles. The predicted molar refractivity (Wildman–Crippen MR) is 74.4 cm³/mol. The summed E-state index contributed by atoms with van der Waals surface area (Å²) in [5, 5.41) is 0. The third kappa shape index (κ3) is 3.67. The van der Waals surface area contributed by atoms with Crippen LogP contribution in [0.25, 0.3) is 0 Å². The highest BCUT2D eigenvalue weighted by atomic mass is 79.9. The second-order valence-corrected chi connectivity index (χ2v) is 5.88. The first-order valence-electron chi connectivity index (χ1n) is 5.96. The number of morpholine rings is 1. The van der Waals surface area contributed by atoms with Crippen LogP contribution in [-0.2, 0) is 11.3 Å². The molecule has 2 rings (SSSR count). The second-order valence-electron chi connectivity index (χ2n) is 4.65. The van der Waals surface area contributed by atoms with Gasteiger partial charge in [0.1, 0.15) is 5.82 Å². The largest absolute Gasteiger partial charge is 0.371 e. The molecule has 18 heavy (non-hydrogen) atoms. The van der Waals surface area contributed by atoms with Crippen LogP contribution < -0.4 is 0 Å². The van der Waals surface area contributed by atoms with Gasteiger partial charge in [0.15, 0.2) is 0 Å².